The van der Waals surface area contributed by atoms with Gasteiger partial charge in [-0.3, -0.25) is 9.89 Å². The zero-order valence-electron chi connectivity index (χ0n) is 19.5. The number of aliphatic imine (C=N–C) groups is 1. The van der Waals surface area contributed by atoms with E-state index in [0.29, 0.717) is 25.6 Å². The molecule has 0 aromatic rings. The second kappa shape index (κ2) is 13.6. The lowest BCUT2D eigenvalue weighted by atomic mass is 10.1. The van der Waals surface area contributed by atoms with Gasteiger partial charge in [-0.2, -0.15) is 0 Å². The van der Waals surface area contributed by atoms with E-state index in [4.69, 9.17) is 9.47 Å². The Balaban J connectivity index is 0.00000450. The third kappa shape index (κ3) is 9.55. The fourth-order valence-corrected chi connectivity index (χ4v) is 3.85. The summed E-state index contributed by atoms with van der Waals surface area (Å²) in [6, 6.07) is 0. The lowest BCUT2D eigenvalue weighted by Gasteiger charge is -2.29. The molecule has 2 heterocycles. The standard InChI is InChI=1S/C21H41N5O3.HI/c1-6-9-25(20(27)29-21(2,3)4)11-8-23-19(22-5)26-10-7-18(17-26)16-24-12-14-28-15-13-24;/h18H,6-17H2,1-5H3,(H,22,23);1H. The number of ether oxygens (including phenoxy) is 2. The predicted molar refractivity (Wildman–Crippen MR) is 132 cm³/mol. The number of likely N-dealkylation sites (tertiary alicyclic amines) is 1. The maximum absolute atomic E-state index is 12.4. The van der Waals surface area contributed by atoms with Gasteiger partial charge in [-0.1, -0.05) is 6.92 Å². The van der Waals surface area contributed by atoms with Crippen molar-refractivity contribution in [3.8, 4) is 0 Å². The molecule has 1 atom stereocenters. The van der Waals surface area contributed by atoms with Crippen molar-refractivity contribution in [2.24, 2.45) is 10.9 Å². The lowest BCUT2D eigenvalue weighted by Crippen LogP contribution is -2.46. The fraction of sp³-hybridized carbons (Fsp3) is 0.905. The Morgan fingerprint density at radius 2 is 1.93 bits per heavy atom. The number of halogens is 1. The highest BCUT2D eigenvalue weighted by Crippen LogP contribution is 2.18. The van der Waals surface area contributed by atoms with Gasteiger partial charge in [0, 0.05) is 59.4 Å². The van der Waals surface area contributed by atoms with Gasteiger partial charge in [-0.15, -0.1) is 24.0 Å². The summed E-state index contributed by atoms with van der Waals surface area (Å²) in [5.74, 6) is 1.60. The second-order valence-corrected chi connectivity index (χ2v) is 8.96. The molecule has 0 saturated carbocycles. The molecule has 0 aromatic carbocycles. The number of amides is 1. The minimum atomic E-state index is -0.475. The minimum Gasteiger partial charge on any atom is -0.444 e. The van der Waals surface area contributed by atoms with Crippen LogP contribution in [0.1, 0.15) is 40.5 Å². The lowest BCUT2D eigenvalue weighted by molar-refractivity contribution is 0.0253. The van der Waals surface area contributed by atoms with Gasteiger partial charge in [0.1, 0.15) is 5.60 Å². The van der Waals surface area contributed by atoms with Crippen molar-refractivity contribution >= 4 is 36.0 Å². The molecule has 2 rings (SSSR count). The summed E-state index contributed by atoms with van der Waals surface area (Å²) < 4.78 is 11.0. The molecule has 1 unspecified atom stereocenters. The van der Waals surface area contributed by atoms with Crippen LogP contribution in [0.2, 0.25) is 0 Å². The van der Waals surface area contributed by atoms with Crippen LogP contribution in [0.4, 0.5) is 4.79 Å². The molecule has 0 aromatic heterocycles. The first-order valence-corrected chi connectivity index (χ1v) is 11.1. The molecule has 0 aliphatic carbocycles. The van der Waals surface area contributed by atoms with E-state index in [2.05, 4.69) is 27.0 Å². The molecule has 2 aliphatic heterocycles. The van der Waals surface area contributed by atoms with Crippen LogP contribution in [0, 0.1) is 5.92 Å². The van der Waals surface area contributed by atoms with E-state index in [9.17, 15) is 4.79 Å². The monoisotopic (exact) mass is 539 g/mol. The maximum atomic E-state index is 12.4. The van der Waals surface area contributed by atoms with Crippen molar-refractivity contribution in [1.82, 2.24) is 20.0 Å². The first kappa shape index (κ1) is 27.2. The number of rotatable bonds is 7. The fourth-order valence-electron chi connectivity index (χ4n) is 3.85. The van der Waals surface area contributed by atoms with Gasteiger partial charge in [0.15, 0.2) is 5.96 Å². The Labute approximate surface area is 199 Å². The molecule has 1 N–H and O–H groups in total. The van der Waals surface area contributed by atoms with Gasteiger partial charge in [0.25, 0.3) is 0 Å². The van der Waals surface area contributed by atoms with E-state index in [1.807, 2.05) is 27.8 Å². The molecule has 176 valence electrons. The van der Waals surface area contributed by atoms with Crippen molar-refractivity contribution in [3.63, 3.8) is 0 Å². The Bertz CT molecular complexity index is 535. The van der Waals surface area contributed by atoms with E-state index in [1.54, 1.807) is 4.90 Å². The van der Waals surface area contributed by atoms with E-state index >= 15 is 0 Å². The third-order valence-electron chi connectivity index (χ3n) is 5.23. The topological polar surface area (TPSA) is 69.6 Å². The largest absolute Gasteiger partial charge is 0.444 e. The van der Waals surface area contributed by atoms with Gasteiger partial charge in [-0.05, 0) is 39.5 Å². The quantitative estimate of drug-likeness (QED) is 0.305. The normalized spacial score (nSPS) is 20.6. The van der Waals surface area contributed by atoms with Crippen molar-refractivity contribution in [3.05, 3.63) is 0 Å². The SMILES string of the molecule is CCCN(CCNC(=NC)N1CCC(CN2CCOCC2)C1)C(=O)OC(C)(C)C.I. The van der Waals surface area contributed by atoms with Crippen LogP contribution in [-0.2, 0) is 9.47 Å². The molecule has 9 heteroatoms. The highest BCUT2D eigenvalue weighted by molar-refractivity contribution is 14.0. The number of morpholine rings is 1. The highest BCUT2D eigenvalue weighted by atomic mass is 127. The number of nitrogens with zero attached hydrogens (tertiary/aromatic N) is 4. The van der Waals surface area contributed by atoms with E-state index in [-0.39, 0.29) is 30.1 Å². The van der Waals surface area contributed by atoms with Gasteiger partial charge in [-0.25, -0.2) is 4.79 Å². The van der Waals surface area contributed by atoms with Crippen molar-refractivity contribution in [2.45, 2.75) is 46.1 Å². The van der Waals surface area contributed by atoms with Gasteiger partial charge in [0.2, 0.25) is 0 Å². The average molecular weight is 540 g/mol. The number of carbonyl (C=O) groups excluding carboxylic acids is 1. The number of hydrogen-bond donors (Lipinski definition) is 1. The summed E-state index contributed by atoms with van der Waals surface area (Å²) in [4.78, 5) is 23.5. The summed E-state index contributed by atoms with van der Waals surface area (Å²) in [6.07, 6.45) is 1.85. The highest BCUT2D eigenvalue weighted by Gasteiger charge is 2.27. The summed E-state index contributed by atoms with van der Waals surface area (Å²) in [6.45, 7) is 16.7. The van der Waals surface area contributed by atoms with E-state index in [0.717, 1.165) is 58.3 Å². The van der Waals surface area contributed by atoms with Gasteiger partial charge in [0.05, 0.1) is 13.2 Å². The molecule has 2 saturated heterocycles. The van der Waals surface area contributed by atoms with Crippen LogP contribution in [0.3, 0.4) is 0 Å². The predicted octanol–water partition coefficient (Wildman–Crippen LogP) is 2.48. The zero-order valence-corrected chi connectivity index (χ0v) is 21.8. The number of nitrogens with one attached hydrogen (secondary N) is 1. The maximum Gasteiger partial charge on any atom is 0.410 e. The van der Waals surface area contributed by atoms with Crippen molar-refractivity contribution in [2.75, 3.05) is 72.6 Å². The van der Waals surface area contributed by atoms with Crippen LogP contribution in [0.5, 0.6) is 0 Å². The number of guanidine groups is 1. The summed E-state index contributed by atoms with van der Waals surface area (Å²) in [5.41, 5.74) is -0.475. The molecule has 8 nitrogen and oxygen atoms in total. The first-order valence-electron chi connectivity index (χ1n) is 11.1. The van der Waals surface area contributed by atoms with Crippen LogP contribution in [-0.4, -0.2) is 105 Å². The van der Waals surface area contributed by atoms with Crippen LogP contribution >= 0.6 is 24.0 Å². The Morgan fingerprint density at radius 1 is 1.23 bits per heavy atom. The second-order valence-electron chi connectivity index (χ2n) is 8.96. The van der Waals surface area contributed by atoms with Gasteiger partial charge < -0.3 is 24.6 Å². The minimum absolute atomic E-state index is 0. The summed E-state index contributed by atoms with van der Waals surface area (Å²) >= 11 is 0. The number of carbonyl (C=O) groups is 1. The third-order valence-corrected chi connectivity index (χ3v) is 5.23. The average Bonchev–Trinajstić information content (AvgIpc) is 3.12. The molecule has 30 heavy (non-hydrogen) atoms. The molecule has 0 bridgehead atoms. The number of hydrogen-bond acceptors (Lipinski definition) is 5. The van der Waals surface area contributed by atoms with Crippen LogP contribution in [0.25, 0.3) is 0 Å². The summed E-state index contributed by atoms with van der Waals surface area (Å²) in [5, 5.41) is 3.44. The molecule has 2 fully saturated rings. The molecule has 2 aliphatic rings. The Hall–Kier alpha value is -0.810. The molecular formula is C21H42IN5O3. The summed E-state index contributed by atoms with van der Waals surface area (Å²) in [7, 11) is 1.83. The molecule has 0 spiro atoms. The van der Waals surface area contributed by atoms with E-state index in [1.165, 1.54) is 6.42 Å². The first-order chi connectivity index (χ1) is 13.8. The molecule has 0 radical (unpaired) electrons. The smallest absolute Gasteiger partial charge is 0.410 e. The van der Waals surface area contributed by atoms with Crippen molar-refractivity contribution in [1.29, 1.82) is 0 Å². The molecular weight excluding hydrogens is 497 g/mol. The zero-order chi connectivity index (χ0) is 21.3. The van der Waals surface area contributed by atoms with Crippen LogP contribution in [0.15, 0.2) is 4.99 Å². The van der Waals surface area contributed by atoms with Crippen molar-refractivity contribution < 1.29 is 14.3 Å². The van der Waals surface area contributed by atoms with Gasteiger partial charge >= 0.3 is 6.09 Å². The van der Waals surface area contributed by atoms with Crippen LogP contribution < -0.4 is 5.32 Å². The Kier molecular flexibility index (Phi) is 12.3. The Morgan fingerprint density at radius 3 is 2.53 bits per heavy atom. The molecule has 1 amide bonds. The van der Waals surface area contributed by atoms with E-state index < -0.39 is 5.60 Å².